The molecule has 0 aromatic rings. The van der Waals surface area contributed by atoms with E-state index in [1.807, 2.05) is 6.92 Å². The van der Waals surface area contributed by atoms with Crippen LogP contribution in [0.4, 0.5) is 0 Å². The standard InChI is InChI=1S/C11H24N2O2/c1-4-12-8-10(15)13-9-11(2,3)6-5-7-14/h12,14H,4-9H2,1-3H3,(H,13,15). The number of rotatable bonds is 8. The Morgan fingerprint density at radius 2 is 2.07 bits per heavy atom. The van der Waals surface area contributed by atoms with Gasteiger partial charge in [-0.2, -0.15) is 0 Å². The highest BCUT2D eigenvalue weighted by molar-refractivity contribution is 5.77. The highest BCUT2D eigenvalue weighted by Crippen LogP contribution is 2.20. The molecule has 0 aromatic carbocycles. The SMILES string of the molecule is CCNCC(=O)NCC(C)(C)CCCO. The van der Waals surface area contributed by atoms with Gasteiger partial charge in [0, 0.05) is 13.2 Å². The summed E-state index contributed by atoms with van der Waals surface area (Å²) in [5.41, 5.74) is 0.0601. The van der Waals surface area contributed by atoms with Crippen molar-refractivity contribution in [2.45, 2.75) is 33.6 Å². The molecule has 0 atom stereocenters. The van der Waals surface area contributed by atoms with Crippen molar-refractivity contribution in [3.8, 4) is 0 Å². The third-order valence-corrected chi connectivity index (χ3v) is 2.31. The minimum absolute atomic E-state index is 0.0360. The molecule has 0 saturated heterocycles. The number of hydrogen-bond acceptors (Lipinski definition) is 3. The highest BCUT2D eigenvalue weighted by Gasteiger charge is 2.17. The smallest absolute Gasteiger partial charge is 0.233 e. The largest absolute Gasteiger partial charge is 0.396 e. The summed E-state index contributed by atoms with van der Waals surface area (Å²) in [5, 5.41) is 14.6. The molecule has 0 aliphatic heterocycles. The average Bonchev–Trinajstić information content (AvgIpc) is 2.21. The molecular formula is C11H24N2O2. The van der Waals surface area contributed by atoms with Crippen LogP contribution in [0.1, 0.15) is 33.6 Å². The number of aliphatic hydroxyl groups excluding tert-OH is 1. The molecule has 0 rings (SSSR count). The molecular weight excluding hydrogens is 192 g/mol. The molecule has 0 saturated carbocycles. The normalized spacial score (nSPS) is 11.5. The maximum Gasteiger partial charge on any atom is 0.233 e. The number of nitrogens with one attached hydrogen (secondary N) is 2. The second-order valence-corrected chi connectivity index (χ2v) is 4.55. The van der Waals surface area contributed by atoms with Crippen LogP contribution in [0, 0.1) is 5.41 Å². The van der Waals surface area contributed by atoms with Crippen LogP contribution in [0.2, 0.25) is 0 Å². The molecule has 90 valence electrons. The molecule has 0 aliphatic carbocycles. The molecule has 0 unspecified atom stereocenters. The topological polar surface area (TPSA) is 61.4 Å². The van der Waals surface area contributed by atoms with E-state index in [2.05, 4.69) is 24.5 Å². The molecule has 0 aliphatic rings. The summed E-state index contributed by atoms with van der Waals surface area (Å²) in [5.74, 6) is 0.0360. The summed E-state index contributed by atoms with van der Waals surface area (Å²) in [6.45, 7) is 8.23. The van der Waals surface area contributed by atoms with Gasteiger partial charge in [-0.3, -0.25) is 4.79 Å². The maximum absolute atomic E-state index is 11.3. The Balaban J connectivity index is 3.67. The fourth-order valence-corrected chi connectivity index (χ4v) is 1.28. The van der Waals surface area contributed by atoms with Gasteiger partial charge < -0.3 is 15.7 Å². The lowest BCUT2D eigenvalue weighted by molar-refractivity contribution is -0.120. The van der Waals surface area contributed by atoms with Gasteiger partial charge in [-0.25, -0.2) is 0 Å². The zero-order valence-electron chi connectivity index (χ0n) is 10.1. The molecule has 0 heterocycles. The fraction of sp³-hybridized carbons (Fsp3) is 0.909. The van der Waals surface area contributed by atoms with E-state index in [9.17, 15) is 4.79 Å². The number of likely N-dealkylation sites (N-methyl/N-ethyl adjacent to an activating group) is 1. The molecule has 3 N–H and O–H groups in total. The quantitative estimate of drug-likeness (QED) is 0.554. The fourth-order valence-electron chi connectivity index (χ4n) is 1.28. The van der Waals surface area contributed by atoms with Gasteiger partial charge >= 0.3 is 0 Å². The first kappa shape index (κ1) is 14.4. The van der Waals surface area contributed by atoms with E-state index in [0.717, 1.165) is 19.4 Å². The van der Waals surface area contributed by atoms with E-state index in [-0.39, 0.29) is 17.9 Å². The van der Waals surface area contributed by atoms with Gasteiger partial charge in [-0.05, 0) is 24.8 Å². The van der Waals surface area contributed by atoms with Crippen molar-refractivity contribution in [3.05, 3.63) is 0 Å². The lowest BCUT2D eigenvalue weighted by atomic mass is 9.88. The lowest BCUT2D eigenvalue weighted by Gasteiger charge is -2.24. The predicted octanol–water partition coefficient (Wildman–Crippen LogP) is 0.511. The van der Waals surface area contributed by atoms with Crippen molar-refractivity contribution in [3.63, 3.8) is 0 Å². The molecule has 0 spiro atoms. The molecule has 4 nitrogen and oxygen atoms in total. The van der Waals surface area contributed by atoms with Gasteiger partial charge in [0.25, 0.3) is 0 Å². The van der Waals surface area contributed by atoms with E-state index in [4.69, 9.17) is 5.11 Å². The minimum atomic E-state index is 0.0360. The van der Waals surface area contributed by atoms with Crippen LogP contribution in [-0.4, -0.2) is 37.3 Å². The van der Waals surface area contributed by atoms with Crippen molar-refractivity contribution in [1.82, 2.24) is 10.6 Å². The second-order valence-electron chi connectivity index (χ2n) is 4.55. The van der Waals surface area contributed by atoms with Gasteiger partial charge in [-0.15, -0.1) is 0 Å². The Hall–Kier alpha value is -0.610. The second kappa shape index (κ2) is 7.65. The average molecular weight is 216 g/mol. The molecule has 0 aromatic heterocycles. The summed E-state index contributed by atoms with van der Waals surface area (Å²) in [7, 11) is 0. The molecule has 0 bridgehead atoms. The number of amides is 1. The monoisotopic (exact) mass is 216 g/mol. The van der Waals surface area contributed by atoms with Crippen molar-refractivity contribution in [2.24, 2.45) is 5.41 Å². The maximum atomic E-state index is 11.3. The van der Waals surface area contributed by atoms with E-state index in [1.165, 1.54) is 0 Å². The highest BCUT2D eigenvalue weighted by atomic mass is 16.2. The summed E-state index contributed by atoms with van der Waals surface area (Å²) < 4.78 is 0. The van der Waals surface area contributed by atoms with Crippen LogP contribution in [0.5, 0.6) is 0 Å². The van der Waals surface area contributed by atoms with Gasteiger partial charge in [0.05, 0.1) is 6.54 Å². The molecule has 15 heavy (non-hydrogen) atoms. The van der Waals surface area contributed by atoms with E-state index in [1.54, 1.807) is 0 Å². The van der Waals surface area contributed by atoms with Crippen molar-refractivity contribution in [1.29, 1.82) is 0 Å². The molecule has 0 fully saturated rings. The first-order chi connectivity index (χ1) is 7.02. The van der Waals surface area contributed by atoms with Crippen LogP contribution in [0.25, 0.3) is 0 Å². The lowest BCUT2D eigenvalue weighted by Crippen LogP contribution is -2.39. The molecule has 4 heteroatoms. The van der Waals surface area contributed by atoms with Crippen LogP contribution in [0.3, 0.4) is 0 Å². The summed E-state index contributed by atoms with van der Waals surface area (Å²) in [6.07, 6.45) is 1.71. The predicted molar refractivity (Wildman–Crippen MR) is 61.7 cm³/mol. The first-order valence-corrected chi connectivity index (χ1v) is 5.60. The van der Waals surface area contributed by atoms with Gasteiger partial charge in [0.1, 0.15) is 0 Å². The van der Waals surface area contributed by atoms with Gasteiger partial charge in [0.15, 0.2) is 0 Å². The van der Waals surface area contributed by atoms with Crippen LogP contribution >= 0.6 is 0 Å². The molecule has 1 amide bonds. The zero-order valence-corrected chi connectivity index (χ0v) is 10.1. The summed E-state index contributed by atoms with van der Waals surface area (Å²) >= 11 is 0. The van der Waals surface area contributed by atoms with Crippen LogP contribution < -0.4 is 10.6 Å². The van der Waals surface area contributed by atoms with Gasteiger partial charge in [0.2, 0.25) is 5.91 Å². The Bertz CT molecular complexity index is 181. The Morgan fingerprint density at radius 3 is 2.60 bits per heavy atom. The third kappa shape index (κ3) is 8.39. The zero-order chi connectivity index (χ0) is 11.7. The summed E-state index contributed by atoms with van der Waals surface area (Å²) in [4.78, 5) is 11.3. The Morgan fingerprint density at radius 1 is 1.40 bits per heavy atom. The van der Waals surface area contributed by atoms with Gasteiger partial charge in [-0.1, -0.05) is 20.8 Å². The Labute approximate surface area is 92.4 Å². The number of hydrogen-bond donors (Lipinski definition) is 3. The third-order valence-electron chi connectivity index (χ3n) is 2.31. The van der Waals surface area contributed by atoms with Crippen molar-refractivity contribution < 1.29 is 9.90 Å². The number of carbonyl (C=O) groups excluding carboxylic acids is 1. The molecule has 0 radical (unpaired) electrons. The van der Waals surface area contributed by atoms with Crippen molar-refractivity contribution in [2.75, 3.05) is 26.2 Å². The van der Waals surface area contributed by atoms with Crippen LogP contribution in [-0.2, 0) is 4.79 Å². The van der Waals surface area contributed by atoms with Crippen molar-refractivity contribution >= 4 is 5.91 Å². The van der Waals surface area contributed by atoms with Crippen LogP contribution in [0.15, 0.2) is 0 Å². The number of aliphatic hydroxyl groups is 1. The van der Waals surface area contributed by atoms with E-state index < -0.39 is 0 Å². The number of carbonyl (C=O) groups is 1. The van der Waals surface area contributed by atoms with E-state index in [0.29, 0.717) is 13.1 Å². The summed E-state index contributed by atoms with van der Waals surface area (Å²) in [6, 6.07) is 0. The Kier molecular flexibility index (Phi) is 7.34. The first-order valence-electron chi connectivity index (χ1n) is 5.60. The van der Waals surface area contributed by atoms with E-state index >= 15 is 0 Å². The minimum Gasteiger partial charge on any atom is -0.396 e.